The number of fused-ring (bicyclic) bond motifs is 3. The first-order valence-corrected chi connectivity index (χ1v) is 9.32. The second kappa shape index (κ2) is 6.96. The maximum absolute atomic E-state index is 13.1. The third-order valence-corrected chi connectivity index (χ3v) is 5.10. The molecule has 0 bridgehead atoms. The standard InChI is InChI=1S/C22H22N4O2/c1-14-13-20(27)24-21-18-11-7-8-12-19(18)26(25(14)21)16(3)22(28)23-15(2)17-9-5-4-6-10-17/h4-13,15-16H,1-3H3,(H,23,28). The van der Waals surface area contributed by atoms with E-state index in [0.29, 0.717) is 5.65 Å². The molecule has 1 N–H and O–H groups in total. The number of nitrogens with one attached hydrogen (secondary N) is 1. The summed E-state index contributed by atoms with van der Waals surface area (Å²) in [4.78, 5) is 29.2. The predicted molar refractivity (Wildman–Crippen MR) is 109 cm³/mol. The first-order valence-electron chi connectivity index (χ1n) is 9.32. The minimum absolute atomic E-state index is 0.0999. The summed E-state index contributed by atoms with van der Waals surface area (Å²) in [6.45, 7) is 5.68. The molecule has 0 aliphatic heterocycles. The van der Waals surface area contributed by atoms with Crippen molar-refractivity contribution in [1.82, 2.24) is 19.5 Å². The molecule has 6 heteroatoms. The fourth-order valence-electron chi connectivity index (χ4n) is 3.66. The van der Waals surface area contributed by atoms with Crippen LogP contribution < -0.4 is 10.9 Å². The SMILES string of the molecule is Cc1cc(=O)nc2c3ccccc3n(C(C)C(=O)NC(C)c3ccccc3)n12. The van der Waals surface area contributed by atoms with Crippen LogP contribution in [0.15, 0.2) is 65.5 Å². The van der Waals surface area contributed by atoms with Crippen LogP contribution in [0, 0.1) is 6.92 Å². The van der Waals surface area contributed by atoms with Crippen molar-refractivity contribution >= 4 is 22.5 Å². The van der Waals surface area contributed by atoms with E-state index in [1.54, 1.807) is 0 Å². The first kappa shape index (κ1) is 18.0. The molecule has 1 amide bonds. The summed E-state index contributed by atoms with van der Waals surface area (Å²) in [7, 11) is 0. The van der Waals surface area contributed by atoms with Gasteiger partial charge in [-0.25, -0.2) is 4.52 Å². The molecular weight excluding hydrogens is 352 g/mol. The number of carbonyl (C=O) groups excluding carboxylic acids is 1. The Labute approximate surface area is 162 Å². The molecule has 2 heterocycles. The molecule has 4 aromatic rings. The Hall–Kier alpha value is -3.41. The average molecular weight is 374 g/mol. The summed E-state index contributed by atoms with van der Waals surface area (Å²) in [5.41, 5.74) is 2.93. The van der Waals surface area contributed by atoms with Crippen LogP contribution in [0.4, 0.5) is 0 Å². The number of hydrogen-bond acceptors (Lipinski definition) is 3. The second-order valence-electron chi connectivity index (χ2n) is 7.05. The van der Waals surface area contributed by atoms with Gasteiger partial charge in [0.15, 0.2) is 5.65 Å². The number of rotatable bonds is 4. The number of benzene rings is 2. The highest BCUT2D eigenvalue weighted by Gasteiger charge is 2.23. The molecule has 2 atom stereocenters. The van der Waals surface area contributed by atoms with Crippen molar-refractivity contribution in [2.24, 2.45) is 0 Å². The largest absolute Gasteiger partial charge is 0.348 e. The molecule has 4 rings (SSSR count). The lowest BCUT2D eigenvalue weighted by atomic mass is 10.1. The Bertz CT molecular complexity index is 1220. The van der Waals surface area contributed by atoms with Crippen molar-refractivity contribution in [3.05, 3.63) is 82.3 Å². The van der Waals surface area contributed by atoms with Crippen LogP contribution in [0.1, 0.15) is 37.2 Å². The molecule has 2 aromatic heterocycles. The number of carbonyl (C=O) groups is 1. The van der Waals surface area contributed by atoms with E-state index in [2.05, 4.69) is 10.3 Å². The molecule has 0 aliphatic carbocycles. The van der Waals surface area contributed by atoms with E-state index in [4.69, 9.17) is 0 Å². The molecule has 0 spiro atoms. The van der Waals surface area contributed by atoms with Gasteiger partial charge in [0, 0.05) is 17.1 Å². The lowest BCUT2D eigenvalue weighted by molar-refractivity contribution is -0.124. The van der Waals surface area contributed by atoms with Gasteiger partial charge in [-0.2, -0.15) is 4.98 Å². The molecule has 0 fully saturated rings. The lowest BCUT2D eigenvalue weighted by Gasteiger charge is -2.21. The quantitative estimate of drug-likeness (QED) is 0.595. The topological polar surface area (TPSA) is 68.4 Å². The normalized spacial score (nSPS) is 13.5. The summed E-state index contributed by atoms with van der Waals surface area (Å²) in [5, 5.41) is 3.94. The van der Waals surface area contributed by atoms with Gasteiger partial charge in [-0.15, -0.1) is 0 Å². The van der Waals surface area contributed by atoms with E-state index in [0.717, 1.165) is 22.2 Å². The Kier molecular flexibility index (Phi) is 4.47. The van der Waals surface area contributed by atoms with Gasteiger partial charge < -0.3 is 5.32 Å². The Morgan fingerprint density at radius 3 is 2.46 bits per heavy atom. The highest BCUT2D eigenvalue weighted by molar-refractivity contribution is 5.94. The molecular formula is C22H22N4O2. The minimum atomic E-state index is -0.489. The molecule has 2 unspecified atom stereocenters. The van der Waals surface area contributed by atoms with Gasteiger partial charge in [-0.1, -0.05) is 42.5 Å². The maximum Gasteiger partial charge on any atom is 0.273 e. The van der Waals surface area contributed by atoms with Gasteiger partial charge in [-0.05, 0) is 38.5 Å². The third-order valence-electron chi connectivity index (χ3n) is 5.10. The van der Waals surface area contributed by atoms with E-state index >= 15 is 0 Å². The number of aryl methyl sites for hydroxylation is 1. The predicted octanol–water partition coefficient (Wildman–Crippen LogP) is 3.40. The molecule has 2 aromatic carbocycles. The van der Waals surface area contributed by atoms with Crippen molar-refractivity contribution < 1.29 is 4.79 Å². The Balaban J connectivity index is 1.79. The van der Waals surface area contributed by atoms with Crippen molar-refractivity contribution in [2.45, 2.75) is 32.9 Å². The van der Waals surface area contributed by atoms with Crippen LogP contribution in [-0.4, -0.2) is 20.1 Å². The molecule has 0 aliphatic rings. The molecule has 142 valence electrons. The Morgan fingerprint density at radius 1 is 1.04 bits per heavy atom. The van der Waals surface area contributed by atoms with Gasteiger partial charge in [0.25, 0.3) is 5.56 Å². The van der Waals surface area contributed by atoms with Crippen LogP contribution >= 0.6 is 0 Å². The summed E-state index contributed by atoms with van der Waals surface area (Å²) in [5.74, 6) is -0.0999. The molecule has 0 saturated heterocycles. The van der Waals surface area contributed by atoms with Gasteiger partial charge in [-0.3, -0.25) is 14.3 Å². The monoisotopic (exact) mass is 374 g/mol. The molecule has 0 radical (unpaired) electrons. The van der Waals surface area contributed by atoms with Crippen molar-refractivity contribution in [3.63, 3.8) is 0 Å². The second-order valence-corrected chi connectivity index (χ2v) is 7.05. The van der Waals surface area contributed by atoms with E-state index in [9.17, 15) is 9.59 Å². The lowest BCUT2D eigenvalue weighted by Crippen LogP contribution is -2.34. The van der Waals surface area contributed by atoms with Crippen LogP contribution in [0.2, 0.25) is 0 Å². The van der Waals surface area contributed by atoms with Crippen LogP contribution in [0.25, 0.3) is 16.6 Å². The van der Waals surface area contributed by atoms with Crippen LogP contribution in [-0.2, 0) is 4.79 Å². The average Bonchev–Trinajstić information content (AvgIpc) is 3.02. The summed E-state index contributed by atoms with van der Waals surface area (Å²) in [6, 6.07) is 18.4. The van der Waals surface area contributed by atoms with Crippen LogP contribution in [0.5, 0.6) is 0 Å². The zero-order chi connectivity index (χ0) is 19.8. The third kappa shape index (κ3) is 2.97. The highest BCUT2D eigenvalue weighted by atomic mass is 16.2. The maximum atomic E-state index is 13.1. The molecule has 6 nitrogen and oxygen atoms in total. The first-order chi connectivity index (χ1) is 13.5. The van der Waals surface area contributed by atoms with Gasteiger partial charge in [0.2, 0.25) is 5.91 Å². The molecule has 28 heavy (non-hydrogen) atoms. The summed E-state index contributed by atoms with van der Waals surface area (Å²) < 4.78 is 3.75. The number of hydrogen-bond donors (Lipinski definition) is 1. The zero-order valence-corrected chi connectivity index (χ0v) is 16.1. The van der Waals surface area contributed by atoms with Crippen molar-refractivity contribution in [3.8, 4) is 0 Å². The number of amides is 1. The van der Waals surface area contributed by atoms with E-state index in [1.165, 1.54) is 6.07 Å². The summed E-state index contributed by atoms with van der Waals surface area (Å²) >= 11 is 0. The summed E-state index contributed by atoms with van der Waals surface area (Å²) in [6.07, 6.45) is 0. The van der Waals surface area contributed by atoms with Gasteiger partial charge in [0.05, 0.1) is 11.6 Å². The van der Waals surface area contributed by atoms with E-state index < -0.39 is 6.04 Å². The highest BCUT2D eigenvalue weighted by Crippen LogP contribution is 2.25. The fourth-order valence-corrected chi connectivity index (χ4v) is 3.66. The number of para-hydroxylation sites is 1. The zero-order valence-electron chi connectivity index (χ0n) is 16.1. The van der Waals surface area contributed by atoms with Crippen LogP contribution in [0.3, 0.4) is 0 Å². The Morgan fingerprint density at radius 2 is 1.71 bits per heavy atom. The van der Waals surface area contributed by atoms with Gasteiger partial charge in [0.1, 0.15) is 6.04 Å². The van der Waals surface area contributed by atoms with Crippen molar-refractivity contribution in [1.29, 1.82) is 0 Å². The smallest absolute Gasteiger partial charge is 0.273 e. The number of aromatic nitrogens is 3. The van der Waals surface area contributed by atoms with Gasteiger partial charge >= 0.3 is 0 Å². The van der Waals surface area contributed by atoms with Crippen molar-refractivity contribution in [2.75, 3.05) is 0 Å². The fraction of sp³-hybridized carbons (Fsp3) is 0.227. The minimum Gasteiger partial charge on any atom is -0.348 e. The van der Waals surface area contributed by atoms with E-state index in [1.807, 2.05) is 84.6 Å². The molecule has 0 saturated carbocycles. The van der Waals surface area contributed by atoms with E-state index in [-0.39, 0.29) is 17.5 Å². The number of nitrogens with zero attached hydrogens (tertiary/aromatic N) is 3.